The number of carbonyl (C=O) groups is 1. The topological polar surface area (TPSA) is 79.6 Å². The van der Waals surface area contributed by atoms with Crippen molar-refractivity contribution in [2.24, 2.45) is 0 Å². The molecule has 1 aromatic heterocycles. The second kappa shape index (κ2) is 6.76. The minimum Gasteiger partial charge on any atom is -0.459 e. The number of amides is 1. The van der Waals surface area contributed by atoms with Gasteiger partial charge in [-0.15, -0.1) is 0 Å². The highest BCUT2D eigenvalue weighted by molar-refractivity contribution is 7.89. The quantitative estimate of drug-likeness (QED) is 0.886. The summed E-state index contributed by atoms with van der Waals surface area (Å²) in [5.41, 5.74) is 0.398. The molecule has 118 valence electrons. The highest BCUT2D eigenvalue weighted by Gasteiger charge is 2.22. The zero-order chi connectivity index (χ0) is 16.2. The molecule has 0 radical (unpaired) electrons. The molecule has 0 aliphatic carbocycles. The average molecular weight is 322 g/mol. The van der Waals surface area contributed by atoms with Gasteiger partial charge in [0.25, 0.3) is 5.91 Å². The molecule has 7 heteroatoms. The standard InChI is InChI=1S/C15H18N2O4S/c1-3-17(4-2)22(19,20)13-8-5-7-12(11-13)16-15(18)14-9-6-10-21-14/h5-11H,3-4H2,1-2H3,(H,16,18). The lowest BCUT2D eigenvalue weighted by atomic mass is 10.3. The van der Waals surface area contributed by atoms with E-state index in [1.54, 1.807) is 32.0 Å². The summed E-state index contributed by atoms with van der Waals surface area (Å²) in [7, 11) is -3.55. The van der Waals surface area contributed by atoms with Gasteiger partial charge in [-0.2, -0.15) is 4.31 Å². The number of nitrogens with one attached hydrogen (secondary N) is 1. The minimum atomic E-state index is -3.55. The Morgan fingerprint density at radius 2 is 1.91 bits per heavy atom. The molecule has 0 bridgehead atoms. The molecule has 1 heterocycles. The first kappa shape index (κ1) is 16.3. The lowest BCUT2D eigenvalue weighted by Gasteiger charge is -2.18. The summed E-state index contributed by atoms with van der Waals surface area (Å²) < 4.78 is 31.3. The molecule has 1 aromatic carbocycles. The normalized spacial score (nSPS) is 11.6. The van der Waals surface area contributed by atoms with Crippen LogP contribution in [0.4, 0.5) is 5.69 Å². The molecule has 0 saturated heterocycles. The Hall–Kier alpha value is -2.12. The number of carbonyl (C=O) groups excluding carboxylic acids is 1. The molecule has 22 heavy (non-hydrogen) atoms. The first-order valence-corrected chi connectivity index (χ1v) is 8.38. The maximum Gasteiger partial charge on any atom is 0.291 e. The second-order valence-electron chi connectivity index (χ2n) is 4.55. The van der Waals surface area contributed by atoms with Gasteiger partial charge in [0.15, 0.2) is 5.76 Å². The number of hydrogen-bond donors (Lipinski definition) is 1. The first-order valence-electron chi connectivity index (χ1n) is 6.94. The van der Waals surface area contributed by atoms with E-state index in [0.717, 1.165) is 0 Å². The van der Waals surface area contributed by atoms with Crippen LogP contribution in [0.1, 0.15) is 24.4 Å². The van der Waals surface area contributed by atoms with E-state index >= 15 is 0 Å². The Morgan fingerprint density at radius 1 is 1.18 bits per heavy atom. The number of sulfonamides is 1. The number of benzene rings is 1. The molecular formula is C15H18N2O4S. The van der Waals surface area contributed by atoms with Crippen LogP contribution in [0.3, 0.4) is 0 Å². The molecule has 0 atom stereocenters. The van der Waals surface area contributed by atoms with Crippen LogP contribution in [0.15, 0.2) is 52.0 Å². The van der Waals surface area contributed by atoms with E-state index in [0.29, 0.717) is 18.8 Å². The number of anilines is 1. The van der Waals surface area contributed by atoms with Crippen LogP contribution in [0.2, 0.25) is 0 Å². The number of hydrogen-bond acceptors (Lipinski definition) is 4. The number of nitrogens with zero attached hydrogens (tertiary/aromatic N) is 1. The van der Waals surface area contributed by atoms with Crippen molar-refractivity contribution in [2.75, 3.05) is 18.4 Å². The molecule has 0 saturated carbocycles. The fourth-order valence-electron chi connectivity index (χ4n) is 2.05. The van der Waals surface area contributed by atoms with E-state index in [1.165, 1.54) is 28.8 Å². The summed E-state index contributed by atoms with van der Waals surface area (Å²) in [5, 5.41) is 2.62. The van der Waals surface area contributed by atoms with Crippen LogP contribution in [0.25, 0.3) is 0 Å². The Morgan fingerprint density at radius 3 is 2.50 bits per heavy atom. The van der Waals surface area contributed by atoms with E-state index in [9.17, 15) is 13.2 Å². The van der Waals surface area contributed by atoms with E-state index in [2.05, 4.69) is 5.32 Å². The number of furan rings is 1. The highest BCUT2D eigenvalue weighted by atomic mass is 32.2. The summed E-state index contributed by atoms with van der Waals surface area (Å²) in [6.07, 6.45) is 1.40. The summed E-state index contributed by atoms with van der Waals surface area (Å²) in [4.78, 5) is 12.1. The fraction of sp³-hybridized carbons (Fsp3) is 0.267. The molecular weight excluding hydrogens is 304 g/mol. The third kappa shape index (κ3) is 3.37. The van der Waals surface area contributed by atoms with Crippen molar-refractivity contribution in [3.63, 3.8) is 0 Å². The van der Waals surface area contributed by atoms with Gasteiger partial charge >= 0.3 is 0 Å². The van der Waals surface area contributed by atoms with Crippen LogP contribution in [-0.4, -0.2) is 31.7 Å². The molecule has 2 rings (SSSR count). The average Bonchev–Trinajstić information content (AvgIpc) is 3.03. The molecule has 0 aliphatic rings. The highest BCUT2D eigenvalue weighted by Crippen LogP contribution is 2.20. The molecule has 0 unspecified atom stereocenters. The lowest BCUT2D eigenvalue weighted by Crippen LogP contribution is -2.30. The van der Waals surface area contributed by atoms with Gasteiger partial charge in [-0.1, -0.05) is 19.9 Å². The maximum absolute atomic E-state index is 12.5. The van der Waals surface area contributed by atoms with Crippen molar-refractivity contribution in [1.82, 2.24) is 4.31 Å². The first-order chi connectivity index (χ1) is 10.5. The number of rotatable bonds is 6. The van der Waals surface area contributed by atoms with E-state index < -0.39 is 15.9 Å². The largest absolute Gasteiger partial charge is 0.459 e. The van der Waals surface area contributed by atoms with Crippen LogP contribution < -0.4 is 5.32 Å². The van der Waals surface area contributed by atoms with Gasteiger partial charge in [-0.25, -0.2) is 8.42 Å². The van der Waals surface area contributed by atoms with E-state index in [1.807, 2.05) is 0 Å². The molecule has 1 N–H and O–H groups in total. The Labute approximate surface area is 129 Å². The van der Waals surface area contributed by atoms with E-state index in [-0.39, 0.29) is 10.7 Å². The third-order valence-electron chi connectivity index (χ3n) is 3.18. The zero-order valence-electron chi connectivity index (χ0n) is 12.4. The van der Waals surface area contributed by atoms with Gasteiger partial charge in [-0.05, 0) is 30.3 Å². The molecule has 0 fully saturated rings. The summed E-state index contributed by atoms with van der Waals surface area (Å²) in [5.74, 6) is -0.264. The Bertz CT molecular complexity index is 735. The predicted molar refractivity (Wildman–Crippen MR) is 83.2 cm³/mol. The van der Waals surface area contributed by atoms with Gasteiger partial charge in [0.1, 0.15) is 0 Å². The van der Waals surface area contributed by atoms with Gasteiger partial charge < -0.3 is 9.73 Å². The van der Waals surface area contributed by atoms with Crippen molar-refractivity contribution < 1.29 is 17.6 Å². The van der Waals surface area contributed by atoms with Crippen molar-refractivity contribution >= 4 is 21.6 Å². The molecule has 6 nitrogen and oxygen atoms in total. The zero-order valence-corrected chi connectivity index (χ0v) is 13.3. The second-order valence-corrected chi connectivity index (χ2v) is 6.49. The monoisotopic (exact) mass is 322 g/mol. The minimum absolute atomic E-state index is 0.147. The maximum atomic E-state index is 12.5. The molecule has 1 amide bonds. The molecule has 0 spiro atoms. The summed E-state index contributed by atoms with van der Waals surface area (Å²) in [6, 6.07) is 9.31. The van der Waals surface area contributed by atoms with Crippen molar-refractivity contribution in [1.29, 1.82) is 0 Å². The van der Waals surface area contributed by atoms with Gasteiger partial charge in [0.05, 0.1) is 11.2 Å². The van der Waals surface area contributed by atoms with Crippen LogP contribution in [-0.2, 0) is 10.0 Å². The third-order valence-corrected chi connectivity index (χ3v) is 5.23. The van der Waals surface area contributed by atoms with Gasteiger partial charge in [0, 0.05) is 18.8 Å². The van der Waals surface area contributed by atoms with Gasteiger partial charge in [0.2, 0.25) is 10.0 Å². The lowest BCUT2D eigenvalue weighted by molar-refractivity contribution is 0.0996. The SMILES string of the molecule is CCN(CC)S(=O)(=O)c1cccc(NC(=O)c2ccco2)c1. The van der Waals surface area contributed by atoms with Crippen molar-refractivity contribution in [2.45, 2.75) is 18.7 Å². The molecule has 2 aromatic rings. The predicted octanol–water partition coefficient (Wildman–Crippen LogP) is 2.56. The van der Waals surface area contributed by atoms with Gasteiger partial charge in [-0.3, -0.25) is 4.79 Å². The fourth-order valence-corrected chi connectivity index (χ4v) is 3.55. The Balaban J connectivity index is 2.25. The molecule has 0 aliphatic heterocycles. The smallest absolute Gasteiger partial charge is 0.291 e. The summed E-state index contributed by atoms with van der Waals surface area (Å²) in [6.45, 7) is 4.34. The Kier molecular flexibility index (Phi) is 4.99. The van der Waals surface area contributed by atoms with Crippen molar-refractivity contribution in [3.8, 4) is 0 Å². The van der Waals surface area contributed by atoms with Crippen LogP contribution >= 0.6 is 0 Å². The van der Waals surface area contributed by atoms with Crippen LogP contribution in [0.5, 0.6) is 0 Å². The summed E-state index contributed by atoms with van der Waals surface area (Å²) >= 11 is 0. The van der Waals surface area contributed by atoms with Crippen molar-refractivity contribution in [3.05, 3.63) is 48.4 Å². The van der Waals surface area contributed by atoms with E-state index in [4.69, 9.17) is 4.42 Å². The van der Waals surface area contributed by atoms with Crippen LogP contribution in [0, 0.1) is 0 Å².